The molecule has 0 bridgehead atoms. The second-order valence-corrected chi connectivity index (χ2v) is 10.2. The second kappa shape index (κ2) is 11.6. The Morgan fingerprint density at radius 3 is 2.38 bits per heavy atom. The number of carbonyl (C=O) groups is 3. The summed E-state index contributed by atoms with van der Waals surface area (Å²) in [5.41, 5.74) is 0.913. The normalized spacial score (nSPS) is 25.9. The first-order chi connectivity index (χ1) is 16.1. The van der Waals surface area contributed by atoms with E-state index in [9.17, 15) is 14.4 Å². The standard InChI is InChI=1S/C23H31ClN2O7S/c1-13(27)30-12-18-20(31-14(2)28)21(32-15(3)29)22-23(33-18)26(10-6-9-25(4)5)17-11-16(24)7-8-19(17)34-22/h7-8,11,18,20-23H,6,9-10,12H2,1-5H3/t18-,20-,21+,22+,23-/m1/s1. The van der Waals surface area contributed by atoms with Crippen LogP contribution in [0.2, 0.25) is 5.02 Å². The lowest BCUT2D eigenvalue weighted by Gasteiger charge is -2.51. The lowest BCUT2D eigenvalue weighted by atomic mass is 9.98. The number of carbonyl (C=O) groups excluding carboxylic acids is 3. The van der Waals surface area contributed by atoms with Gasteiger partial charge in [-0.25, -0.2) is 0 Å². The molecule has 0 saturated carbocycles. The molecule has 11 heteroatoms. The van der Waals surface area contributed by atoms with Crippen molar-refractivity contribution in [2.75, 3.05) is 38.7 Å². The minimum absolute atomic E-state index is 0.146. The van der Waals surface area contributed by atoms with E-state index in [4.69, 9.17) is 30.5 Å². The number of nitrogens with zero attached hydrogens (tertiary/aromatic N) is 2. The molecule has 0 amide bonds. The van der Waals surface area contributed by atoms with E-state index in [1.165, 1.54) is 32.5 Å². The van der Waals surface area contributed by atoms with Crippen LogP contribution in [0.3, 0.4) is 0 Å². The van der Waals surface area contributed by atoms with Crippen molar-refractivity contribution in [1.82, 2.24) is 4.90 Å². The van der Waals surface area contributed by atoms with Gasteiger partial charge in [-0.05, 0) is 45.3 Å². The molecule has 1 aromatic rings. The van der Waals surface area contributed by atoms with Gasteiger partial charge in [-0.2, -0.15) is 0 Å². The fourth-order valence-electron chi connectivity index (χ4n) is 4.17. The van der Waals surface area contributed by atoms with Gasteiger partial charge in [0.05, 0.1) is 10.9 Å². The summed E-state index contributed by atoms with van der Waals surface area (Å²) in [6.45, 7) is 5.24. The van der Waals surface area contributed by atoms with Crippen molar-refractivity contribution < 1.29 is 33.3 Å². The summed E-state index contributed by atoms with van der Waals surface area (Å²) in [6, 6.07) is 5.62. The molecule has 34 heavy (non-hydrogen) atoms. The third-order valence-corrected chi connectivity index (χ3v) is 7.08. The van der Waals surface area contributed by atoms with Crippen molar-refractivity contribution >= 4 is 47.0 Å². The predicted molar refractivity (Wildman–Crippen MR) is 128 cm³/mol. The molecule has 5 atom stereocenters. The predicted octanol–water partition coefficient (Wildman–Crippen LogP) is 2.72. The zero-order valence-corrected chi connectivity index (χ0v) is 21.6. The molecule has 1 aromatic carbocycles. The van der Waals surface area contributed by atoms with Crippen molar-refractivity contribution in [3.05, 3.63) is 23.2 Å². The van der Waals surface area contributed by atoms with E-state index in [0.29, 0.717) is 11.6 Å². The monoisotopic (exact) mass is 514 g/mol. The first kappa shape index (κ1) is 26.6. The number of esters is 3. The highest BCUT2D eigenvalue weighted by molar-refractivity contribution is 8.00. The summed E-state index contributed by atoms with van der Waals surface area (Å²) in [6.07, 6.45) is -2.26. The van der Waals surface area contributed by atoms with E-state index < -0.39 is 47.7 Å². The molecule has 2 heterocycles. The molecule has 0 spiro atoms. The fourth-order valence-corrected chi connectivity index (χ4v) is 5.74. The minimum Gasteiger partial charge on any atom is -0.463 e. The second-order valence-electron chi connectivity index (χ2n) is 8.56. The number of halogens is 1. The third kappa shape index (κ3) is 6.56. The van der Waals surface area contributed by atoms with Crippen LogP contribution in [0, 0.1) is 0 Å². The molecule has 1 fully saturated rings. The largest absolute Gasteiger partial charge is 0.463 e. The molecular formula is C23H31ClN2O7S. The van der Waals surface area contributed by atoms with Crippen LogP contribution in [0.15, 0.2) is 23.1 Å². The van der Waals surface area contributed by atoms with Gasteiger partial charge in [-0.1, -0.05) is 11.6 Å². The highest BCUT2D eigenvalue weighted by Gasteiger charge is 2.54. The number of ether oxygens (including phenoxy) is 4. The van der Waals surface area contributed by atoms with Crippen LogP contribution in [0.25, 0.3) is 0 Å². The molecule has 0 aromatic heterocycles. The van der Waals surface area contributed by atoms with E-state index in [0.717, 1.165) is 23.5 Å². The zero-order valence-electron chi connectivity index (χ0n) is 20.0. The molecule has 2 aliphatic rings. The summed E-state index contributed by atoms with van der Waals surface area (Å²) >= 11 is 7.81. The number of hydrogen-bond acceptors (Lipinski definition) is 10. The number of anilines is 1. The van der Waals surface area contributed by atoms with Gasteiger partial charge < -0.3 is 28.7 Å². The van der Waals surface area contributed by atoms with Gasteiger partial charge in [-0.15, -0.1) is 11.8 Å². The summed E-state index contributed by atoms with van der Waals surface area (Å²) in [7, 11) is 4.01. The van der Waals surface area contributed by atoms with Crippen LogP contribution >= 0.6 is 23.4 Å². The Labute approximate surface area is 209 Å². The van der Waals surface area contributed by atoms with Gasteiger partial charge in [0.2, 0.25) is 0 Å². The molecule has 1 saturated heterocycles. The molecular weight excluding hydrogens is 484 g/mol. The average molecular weight is 515 g/mol. The van der Waals surface area contributed by atoms with Crippen LogP contribution in [-0.4, -0.2) is 86.4 Å². The lowest BCUT2D eigenvalue weighted by Crippen LogP contribution is -2.65. The quantitative estimate of drug-likeness (QED) is 0.380. The van der Waals surface area contributed by atoms with Crippen LogP contribution in [0.4, 0.5) is 5.69 Å². The molecule has 0 aliphatic carbocycles. The highest BCUT2D eigenvalue weighted by Crippen LogP contribution is 2.48. The highest BCUT2D eigenvalue weighted by atomic mass is 35.5. The molecule has 3 rings (SSSR count). The molecule has 2 aliphatic heterocycles. The first-order valence-electron chi connectivity index (χ1n) is 11.1. The molecule has 0 unspecified atom stereocenters. The van der Waals surface area contributed by atoms with Gasteiger partial charge in [0.15, 0.2) is 12.2 Å². The Kier molecular flexibility index (Phi) is 9.08. The SMILES string of the molecule is CC(=O)OC[C@H]1O[C@@H]2[C@@H](Sc3ccc(Cl)cc3N2CCCN(C)C)[C@@H](OC(C)=O)[C@@H]1OC(C)=O. The fraction of sp³-hybridized carbons (Fsp3) is 0.609. The van der Waals surface area contributed by atoms with Crippen molar-refractivity contribution in [3.8, 4) is 0 Å². The van der Waals surface area contributed by atoms with E-state index in [2.05, 4.69) is 9.80 Å². The average Bonchev–Trinajstić information content (AvgIpc) is 2.73. The van der Waals surface area contributed by atoms with Crippen molar-refractivity contribution in [1.29, 1.82) is 0 Å². The lowest BCUT2D eigenvalue weighted by molar-refractivity contribution is -0.212. The van der Waals surface area contributed by atoms with Gasteiger partial charge in [0.1, 0.15) is 18.9 Å². The van der Waals surface area contributed by atoms with Gasteiger partial charge in [-0.3, -0.25) is 14.4 Å². The van der Waals surface area contributed by atoms with E-state index in [1.807, 2.05) is 32.3 Å². The Balaban J connectivity index is 2.02. The maximum absolute atomic E-state index is 12.1. The summed E-state index contributed by atoms with van der Waals surface area (Å²) in [5, 5.41) is 0.201. The molecule has 0 radical (unpaired) electrons. The van der Waals surface area contributed by atoms with Crippen LogP contribution in [0.1, 0.15) is 27.2 Å². The number of rotatable bonds is 8. The van der Waals surface area contributed by atoms with E-state index in [-0.39, 0.29) is 6.61 Å². The smallest absolute Gasteiger partial charge is 0.303 e. The number of benzene rings is 1. The molecule has 188 valence electrons. The Hall–Kier alpha value is -2.01. The van der Waals surface area contributed by atoms with Crippen molar-refractivity contribution in [3.63, 3.8) is 0 Å². The maximum Gasteiger partial charge on any atom is 0.303 e. The summed E-state index contributed by atoms with van der Waals surface area (Å²) in [4.78, 5) is 40.7. The van der Waals surface area contributed by atoms with Crippen molar-refractivity contribution in [2.24, 2.45) is 0 Å². The summed E-state index contributed by atoms with van der Waals surface area (Å²) < 4.78 is 22.9. The van der Waals surface area contributed by atoms with Gasteiger partial charge in [0.25, 0.3) is 0 Å². The Morgan fingerprint density at radius 2 is 1.76 bits per heavy atom. The van der Waals surface area contributed by atoms with E-state index >= 15 is 0 Å². The Morgan fingerprint density at radius 1 is 1.09 bits per heavy atom. The minimum atomic E-state index is -0.938. The van der Waals surface area contributed by atoms with Crippen LogP contribution in [-0.2, 0) is 33.3 Å². The summed E-state index contributed by atoms with van der Waals surface area (Å²) in [5.74, 6) is -1.54. The van der Waals surface area contributed by atoms with Crippen molar-refractivity contribution in [2.45, 2.75) is 61.9 Å². The topological polar surface area (TPSA) is 94.6 Å². The number of fused-ring (bicyclic) bond motifs is 2. The molecule has 9 nitrogen and oxygen atoms in total. The first-order valence-corrected chi connectivity index (χ1v) is 12.3. The van der Waals surface area contributed by atoms with Crippen LogP contribution in [0.5, 0.6) is 0 Å². The van der Waals surface area contributed by atoms with E-state index in [1.54, 1.807) is 0 Å². The van der Waals surface area contributed by atoms with Gasteiger partial charge in [0, 0.05) is 37.2 Å². The third-order valence-electron chi connectivity index (χ3n) is 5.47. The van der Waals surface area contributed by atoms with Crippen LogP contribution < -0.4 is 4.90 Å². The Bertz CT molecular complexity index is 915. The maximum atomic E-state index is 12.1. The van der Waals surface area contributed by atoms with Gasteiger partial charge >= 0.3 is 17.9 Å². The number of hydrogen-bond donors (Lipinski definition) is 0. The zero-order chi connectivity index (χ0) is 25.0. The molecule has 0 N–H and O–H groups in total. The number of thioether (sulfide) groups is 1.